The molecule has 0 aliphatic carbocycles. The Morgan fingerprint density at radius 3 is 2.58 bits per heavy atom. The molecule has 1 amide bonds. The average molecular weight is 356 g/mol. The number of aryl methyl sites for hydroxylation is 1. The fourth-order valence-corrected chi connectivity index (χ4v) is 5.17. The monoisotopic (exact) mass is 355 g/mol. The Kier molecular flexibility index (Phi) is 5.07. The van der Waals surface area contributed by atoms with Crippen molar-refractivity contribution in [3.63, 3.8) is 0 Å². The van der Waals surface area contributed by atoms with Crippen LogP contribution in [0.15, 0.2) is 24.3 Å². The Balaban J connectivity index is 1.37. The number of likely N-dealkylation sites (N-methyl/N-ethyl adjacent to an activating group) is 1. The summed E-state index contributed by atoms with van der Waals surface area (Å²) >= 11 is 0. The third kappa shape index (κ3) is 3.67. The molecular weight excluding hydrogens is 322 g/mol. The summed E-state index contributed by atoms with van der Waals surface area (Å²) in [5.41, 5.74) is 3.22. The highest BCUT2D eigenvalue weighted by Crippen LogP contribution is 2.41. The molecule has 26 heavy (non-hydrogen) atoms. The molecule has 0 N–H and O–H groups in total. The Labute approximate surface area is 158 Å². The summed E-state index contributed by atoms with van der Waals surface area (Å²) in [5.74, 6) is 0.401. The van der Waals surface area contributed by atoms with Crippen LogP contribution in [-0.2, 0) is 11.3 Å². The lowest BCUT2D eigenvalue weighted by Crippen LogP contribution is -2.54. The van der Waals surface area contributed by atoms with Crippen LogP contribution in [0.4, 0.5) is 0 Å². The van der Waals surface area contributed by atoms with Crippen LogP contribution in [0.3, 0.4) is 0 Å². The lowest BCUT2D eigenvalue weighted by atomic mass is 9.72. The van der Waals surface area contributed by atoms with Gasteiger partial charge in [-0.15, -0.1) is 0 Å². The number of likely N-dealkylation sites (tertiary alicyclic amines) is 3. The van der Waals surface area contributed by atoms with Crippen molar-refractivity contribution in [1.82, 2.24) is 14.7 Å². The van der Waals surface area contributed by atoms with E-state index in [1.165, 1.54) is 37.1 Å². The smallest absolute Gasteiger partial charge is 0.222 e. The highest BCUT2D eigenvalue weighted by Gasteiger charge is 2.43. The molecule has 142 valence electrons. The predicted octanol–water partition coefficient (Wildman–Crippen LogP) is 2.90. The largest absolute Gasteiger partial charge is 0.338 e. The first-order valence-corrected chi connectivity index (χ1v) is 10.3. The van der Waals surface area contributed by atoms with E-state index in [4.69, 9.17) is 0 Å². The van der Waals surface area contributed by atoms with Gasteiger partial charge >= 0.3 is 0 Å². The first-order valence-electron chi connectivity index (χ1n) is 10.3. The number of nitrogens with zero attached hydrogens (tertiary/aromatic N) is 3. The van der Waals surface area contributed by atoms with Gasteiger partial charge in [0.05, 0.1) is 0 Å². The number of hydrogen-bond acceptors (Lipinski definition) is 3. The van der Waals surface area contributed by atoms with Gasteiger partial charge in [-0.05, 0) is 75.8 Å². The number of benzene rings is 1. The second kappa shape index (κ2) is 7.32. The van der Waals surface area contributed by atoms with Gasteiger partial charge in [-0.25, -0.2) is 0 Å². The van der Waals surface area contributed by atoms with Crippen LogP contribution in [0.25, 0.3) is 0 Å². The second-order valence-electron chi connectivity index (χ2n) is 8.93. The van der Waals surface area contributed by atoms with Crippen LogP contribution in [-0.4, -0.2) is 66.4 Å². The van der Waals surface area contributed by atoms with Crippen LogP contribution >= 0.6 is 0 Å². The van der Waals surface area contributed by atoms with Crippen molar-refractivity contribution < 1.29 is 4.79 Å². The molecule has 4 rings (SSSR count). The summed E-state index contributed by atoms with van der Waals surface area (Å²) < 4.78 is 0. The molecule has 0 radical (unpaired) electrons. The first kappa shape index (κ1) is 18.0. The highest BCUT2D eigenvalue weighted by atomic mass is 16.2. The highest BCUT2D eigenvalue weighted by molar-refractivity contribution is 5.77. The summed E-state index contributed by atoms with van der Waals surface area (Å²) in [6.45, 7) is 8.81. The van der Waals surface area contributed by atoms with Crippen LogP contribution in [0.1, 0.15) is 43.2 Å². The van der Waals surface area contributed by atoms with E-state index in [1.54, 1.807) is 0 Å². The number of piperidine rings is 2. The van der Waals surface area contributed by atoms with Gasteiger partial charge < -0.3 is 9.80 Å². The molecule has 3 heterocycles. The van der Waals surface area contributed by atoms with Gasteiger partial charge in [0, 0.05) is 32.1 Å². The van der Waals surface area contributed by atoms with Gasteiger partial charge in [-0.3, -0.25) is 9.69 Å². The molecule has 4 nitrogen and oxygen atoms in total. The van der Waals surface area contributed by atoms with E-state index in [1.807, 2.05) is 0 Å². The summed E-state index contributed by atoms with van der Waals surface area (Å²) in [6.07, 6.45) is 5.50. The van der Waals surface area contributed by atoms with Gasteiger partial charge in [0.25, 0.3) is 0 Å². The van der Waals surface area contributed by atoms with E-state index in [0.29, 0.717) is 17.4 Å². The van der Waals surface area contributed by atoms with E-state index in [9.17, 15) is 4.79 Å². The van der Waals surface area contributed by atoms with E-state index in [-0.39, 0.29) is 0 Å². The molecule has 3 fully saturated rings. The van der Waals surface area contributed by atoms with E-state index in [0.717, 1.165) is 45.4 Å². The van der Waals surface area contributed by atoms with Crippen molar-refractivity contribution >= 4 is 5.91 Å². The number of carbonyl (C=O) groups is 1. The molecule has 3 aliphatic rings. The maximum atomic E-state index is 12.6. The van der Waals surface area contributed by atoms with E-state index in [2.05, 4.69) is 52.9 Å². The van der Waals surface area contributed by atoms with Crippen LogP contribution in [0.5, 0.6) is 0 Å². The number of hydrogen-bond donors (Lipinski definition) is 0. The maximum Gasteiger partial charge on any atom is 0.222 e. The molecule has 1 aromatic rings. The summed E-state index contributed by atoms with van der Waals surface area (Å²) in [7, 11) is 2.17. The standard InChI is InChI=1S/C22H33N3O/c1-18-5-3-4-6-19(18)15-24-13-10-22(11-14-24)9-7-21(26)25(17-22)20-8-12-23(2)16-20/h3-6,20H,7-17H2,1-2H3/t20-/m1/s1. The second-order valence-corrected chi connectivity index (χ2v) is 8.93. The van der Waals surface area contributed by atoms with Gasteiger partial charge in [-0.2, -0.15) is 0 Å². The summed E-state index contributed by atoms with van der Waals surface area (Å²) in [6, 6.07) is 9.20. The van der Waals surface area contributed by atoms with Gasteiger partial charge in [0.2, 0.25) is 5.91 Å². The molecule has 3 aliphatic heterocycles. The zero-order chi connectivity index (χ0) is 18.1. The predicted molar refractivity (Wildman–Crippen MR) is 105 cm³/mol. The lowest BCUT2D eigenvalue weighted by molar-refractivity contribution is -0.142. The Hall–Kier alpha value is -1.39. The fourth-order valence-electron chi connectivity index (χ4n) is 5.17. The summed E-state index contributed by atoms with van der Waals surface area (Å²) in [5, 5.41) is 0. The van der Waals surface area contributed by atoms with Crippen molar-refractivity contribution in [2.75, 3.05) is 39.8 Å². The Bertz CT molecular complexity index is 651. The third-order valence-corrected chi connectivity index (χ3v) is 7.07. The van der Waals surface area contributed by atoms with E-state index < -0.39 is 0 Å². The number of rotatable bonds is 3. The average Bonchev–Trinajstić information content (AvgIpc) is 3.07. The topological polar surface area (TPSA) is 26.8 Å². The number of carbonyl (C=O) groups excluding carboxylic acids is 1. The summed E-state index contributed by atoms with van der Waals surface area (Å²) in [4.78, 5) is 19.8. The SMILES string of the molecule is Cc1ccccc1CN1CCC2(CCC(=O)N([C@@H]3CCN(C)C3)C2)CC1. The van der Waals surface area contributed by atoms with Crippen molar-refractivity contribution in [2.24, 2.45) is 5.41 Å². The minimum Gasteiger partial charge on any atom is -0.338 e. The molecule has 4 heteroatoms. The number of amides is 1. The molecule has 0 bridgehead atoms. The van der Waals surface area contributed by atoms with Crippen LogP contribution in [0, 0.1) is 12.3 Å². The molecule has 1 aromatic carbocycles. The molecule has 1 spiro atoms. The zero-order valence-electron chi connectivity index (χ0n) is 16.4. The van der Waals surface area contributed by atoms with Gasteiger partial charge in [0.15, 0.2) is 0 Å². The van der Waals surface area contributed by atoms with Crippen LogP contribution in [0.2, 0.25) is 0 Å². The fraction of sp³-hybridized carbons (Fsp3) is 0.682. The lowest BCUT2D eigenvalue weighted by Gasteiger charge is -2.49. The molecule has 0 unspecified atom stereocenters. The Morgan fingerprint density at radius 2 is 1.88 bits per heavy atom. The molecule has 0 aromatic heterocycles. The molecule has 1 atom stereocenters. The normalized spacial score (nSPS) is 27.4. The maximum absolute atomic E-state index is 12.6. The van der Waals surface area contributed by atoms with Gasteiger partial charge in [-0.1, -0.05) is 24.3 Å². The van der Waals surface area contributed by atoms with Crippen molar-refractivity contribution in [1.29, 1.82) is 0 Å². The first-order chi connectivity index (χ1) is 12.5. The van der Waals surface area contributed by atoms with Gasteiger partial charge in [0.1, 0.15) is 0 Å². The van der Waals surface area contributed by atoms with Crippen LogP contribution < -0.4 is 0 Å². The molecular formula is C22H33N3O. The quantitative estimate of drug-likeness (QED) is 0.834. The van der Waals surface area contributed by atoms with Crippen molar-refractivity contribution in [2.45, 2.75) is 51.6 Å². The molecule has 3 saturated heterocycles. The van der Waals surface area contributed by atoms with E-state index >= 15 is 0 Å². The Morgan fingerprint density at radius 1 is 1.12 bits per heavy atom. The minimum atomic E-state index is 0.372. The minimum absolute atomic E-state index is 0.372. The molecule has 0 saturated carbocycles. The third-order valence-electron chi connectivity index (χ3n) is 7.07. The van der Waals surface area contributed by atoms with Crippen molar-refractivity contribution in [3.05, 3.63) is 35.4 Å². The zero-order valence-corrected chi connectivity index (χ0v) is 16.4. The van der Waals surface area contributed by atoms with Crippen molar-refractivity contribution in [3.8, 4) is 0 Å².